The molecule has 0 amide bonds. The fourth-order valence-electron chi connectivity index (χ4n) is 3.64. The summed E-state index contributed by atoms with van der Waals surface area (Å²) in [5, 5.41) is 8.56. The summed E-state index contributed by atoms with van der Waals surface area (Å²) in [5.41, 5.74) is 3.93. The first-order chi connectivity index (χ1) is 16.6. The number of pyridine rings is 2. The summed E-state index contributed by atoms with van der Waals surface area (Å²) in [6, 6.07) is 18.0. The van der Waals surface area contributed by atoms with Crippen LogP contribution in [0.2, 0.25) is 4.34 Å². The Morgan fingerprint density at radius 2 is 1.88 bits per heavy atom. The summed E-state index contributed by atoms with van der Waals surface area (Å²) in [6.07, 6.45) is 7.78. The lowest BCUT2D eigenvalue weighted by Crippen LogP contribution is -2.15. The molecule has 5 aromatic rings. The van der Waals surface area contributed by atoms with E-state index < -0.39 is 0 Å². The number of aryl methyl sites for hydroxylation is 1. The highest BCUT2D eigenvalue weighted by Crippen LogP contribution is 2.29. The predicted octanol–water partition coefficient (Wildman–Crippen LogP) is 5.01. The van der Waals surface area contributed by atoms with Crippen LogP contribution in [-0.2, 0) is 6.42 Å². The van der Waals surface area contributed by atoms with E-state index in [9.17, 15) is 9.59 Å². The van der Waals surface area contributed by atoms with Crippen LogP contribution in [0.15, 0.2) is 90.2 Å². The minimum atomic E-state index is -0.115. The molecule has 0 N–H and O–H groups in total. The zero-order valence-electron chi connectivity index (χ0n) is 17.8. The highest BCUT2D eigenvalue weighted by atomic mass is 35.5. The summed E-state index contributed by atoms with van der Waals surface area (Å²) < 4.78 is 3.87. The number of ketones is 1. The molecule has 0 atom stereocenters. The topological polar surface area (TPSA) is 82.7 Å². The van der Waals surface area contributed by atoms with Gasteiger partial charge in [0.05, 0.1) is 26.8 Å². The number of aromatic nitrogens is 5. The molecule has 0 saturated carbocycles. The third-order valence-electron chi connectivity index (χ3n) is 5.32. The van der Waals surface area contributed by atoms with E-state index in [0.717, 1.165) is 22.5 Å². The Morgan fingerprint density at radius 1 is 1.03 bits per heavy atom. The Morgan fingerprint density at radius 3 is 2.65 bits per heavy atom. The average Bonchev–Trinajstić information content (AvgIpc) is 3.52. The highest BCUT2D eigenvalue weighted by molar-refractivity contribution is 7.18. The molecule has 0 spiro atoms. The van der Waals surface area contributed by atoms with Crippen LogP contribution in [0.3, 0.4) is 0 Å². The SMILES string of the molecule is O=C(CCc1cn(-c2ccc(-n3ccccc3=O)cc2-c2ccncc2)nn1)c1ccc(Cl)s1. The van der Waals surface area contributed by atoms with Crippen LogP contribution in [0.25, 0.3) is 22.5 Å². The standard InChI is InChI=1S/C25H18ClN5O2S/c26-24-9-8-23(34-24)22(32)7-4-18-16-31(29-28-18)21-6-5-19(30-14-2-1-3-25(30)33)15-20(21)17-10-12-27-13-11-17/h1-3,5-6,8-16H,4,7H2. The summed E-state index contributed by atoms with van der Waals surface area (Å²) in [7, 11) is 0. The number of benzene rings is 1. The molecule has 4 heterocycles. The molecule has 0 unspecified atom stereocenters. The molecule has 5 rings (SSSR count). The van der Waals surface area contributed by atoms with Gasteiger partial charge in [0.2, 0.25) is 0 Å². The van der Waals surface area contributed by atoms with Crippen molar-refractivity contribution in [3.8, 4) is 22.5 Å². The molecule has 7 nitrogen and oxygen atoms in total. The molecule has 0 fully saturated rings. The van der Waals surface area contributed by atoms with Gasteiger partial charge in [-0.05, 0) is 54.1 Å². The first kappa shape index (κ1) is 21.9. The lowest BCUT2D eigenvalue weighted by atomic mass is 10.0. The third kappa shape index (κ3) is 4.59. The molecular formula is C25H18ClN5O2S. The number of carbonyl (C=O) groups is 1. The Kier molecular flexibility index (Phi) is 6.16. The lowest BCUT2D eigenvalue weighted by molar-refractivity contribution is 0.0986. The van der Waals surface area contributed by atoms with Crippen molar-refractivity contribution in [2.24, 2.45) is 0 Å². The van der Waals surface area contributed by atoms with E-state index in [1.807, 2.05) is 42.6 Å². The smallest absolute Gasteiger partial charge is 0.255 e. The minimum Gasteiger partial charge on any atom is -0.293 e. The van der Waals surface area contributed by atoms with Gasteiger partial charge in [-0.2, -0.15) is 0 Å². The number of rotatable bonds is 7. The van der Waals surface area contributed by atoms with Crippen molar-refractivity contribution >= 4 is 28.7 Å². The van der Waals surface area contributed by atoms with Crippen LogP contribution in [-0.4, -0.2) is 30.3 Å². The Labute approximate surface area is 203 Å². The summed E-state index contributed by atoms with van der Waals surface area (Å²) >= 11 is 7.21. The molecule has 0 saturated heterocycles. The Bertz CT molecular complexity index is 1520. The van der Waals surface area contributed by atoms with E-state index in [-0.39, 0.29) is 11.3 Å². The maximum absolute atomic E-state index is 12.4. The van der Waals surface area contributed by atoms with Crippen molar-refractivity contribution in [2.75, 3.05) is 0 Å². The van der Waals surface area contributed by atoms with Crippen molar-refractivity contribution in [3.05, 3.63) is 111 Å². The van der Waals surface area contributed by atoms with Crippen LogP contribution in [0, 0.1) is 0 Å². The van der Waals surface area contributed by atoms with Gasteiger partial charge in [-0.25, -0.2) is 4.68 Å². The third-order valence-corrected chi connectivity index (χ3v) is 6.59. The second-order valence-electron chi connectivity index (χ2n) is 7.53. The monoisotopic (exact) mass is 487 g/mol. The van der Waals surface area contributed by atoms with Gasteiger partial charge >= 0.3 is 0 Å². The average molecular weight is 488 g/mol. The van der Waals surface area contributed by atoms with Crippen molar-refractivity contribution in [1.82, 2.24) is 24.5 Å². The maximum Gasteiger partial charge on any atom is 0.255 e. The molecule has 34 heavy (non-hydrogen) atoms. The molecule has 0 bridgehead atoms. The normalized spacial score (nSPS) is 11.0. The van der Waals surface area contributed by atoms with Crippen LogP contribution >= 0.6 is 22.9 Å². The number of hydrogen-bond donors (Lipinski definition) is 0. The molecule has 9 heteroatoms. The van der Waals surface area contributed by atoms with Gasteiger partial charge in [-0.3, -0.25) is 19.1 Å². The van der Waals surface area contributed by atoms with E-state index >= 15 is 0 Å². The summed E-state index contributed by atoms with van der Waals surface area (Å²) in [5.74, 6) is 0.0292. The van der Waals surface area contributed by atoms with Gasteiger partial charge in [-0.15, -0.1) is 16.4 Å². The van der Waals surface area contributed by atoms with Crippen molar-refractivity contribution in [2.45, 2.75) is 12.8 Å². The Hall–Kier alpha value is -3.88. The first-order valence-electron chi connectivity index (χ1n) is 10.5. The number of Topliss-reactive ketones (excluding diaryl/α,β-unsaturated/α-hetero) is 1. The lowest BCUT2D eigenvalue weighted by Gasteiger charge is -2.13. The second-order valence-corrected chi connectivity index (χ2v) is 9.24. The van der Waals surface area contributed by atoms with Crippen LogP contribution < -0.4 is 5.56 Å². The Balaban J connectivity index is 1.46. The van der Waals surface area contributed by atoms with Gasteiger partial charge in [0, 0.05) is 48.7 Å². The van der Waals surface area contributed by atoms with Crippen molar-refractivity contribution in [3.63, 3.8) is 0 Å². The van der Waals surface area contributed by atoms with E-state index in [1.54, 1.807) is 46.0 Å². The quantitative estimate of drug-likeness (QED) is 0.301. The molecule has 0 aliphatic carbocycles. The molecule has 0 aliphatic rings. The molecule has 1 aromatic carbocycles. The van der Waals surface area contributed by atoms with E-state index in [1.165, 1.54) is 17.4 Å². The van der Waals surface area contributed by atoms with Gasteiger partial charge in [-0.1, -0.05) is 22.9 Å². The van der Waals surface area contributed by atoms with Crippen LogP contribution in [0.4, 0.5) is 0 Å². The maximum atomic E-state index is 12.4. The molecule has 0 aliphatic heterocycles. The summed E-state index contributed by atoms with van der Waals surface area (Å²) in [6.45, 7) is 0. The number of hydrogen-bond acceptors (Lipinski definition) is 6. The fraction of sp³-hybridized carbons (Fsp3) is 0.0800. The van der Waals surface area contributed by atoms with E-state index in [4.69, 9.17) is 11.6 Å². The number of carbonyl (C=O) groups excluding carboxylic acids is 1. The number of nitrogens with zero attached hydrogens (tertiary/aromatic N) is 5. The number of halogens is 1. The van der Waals surface area contributed by atoms with Gasteiger partial charge < -0.3 is 0 Å². The van der Waals surface area contributed by atoms with E-state index in [0.29, 0.717) is 27.7 Å². The van der Waals surface area contributed by atoms with Crippen molar-refractivity contribution < 1.29 is 4.79 Å². The largest absolute Gasteiger partial charge is 0.293 e. The number of thiophene rings is 1. The minimum absolute atomic E-state index is 0.0292. The van der Waals surface area contributed by atoms with Crippen molar-refractivity contribution in [1.29, 1.82) is 0 Å². The zero-order valence-corrected chi connectivity index (χ0v) is 19.4. The first-order valence-corrected chi connectivity index (χ1v) is 11.7. The predicted molar refractivity (Wildman–Crippen MR) is 132 cm³/mol. The van der Waals surface area contributed by atoms with E-state index in [2.05, 4.69) is 15.3 Å². The summed E-state index contributed by atoms with van der Waals surface area (Å²) in [4.78, 5) is 29.5. The second kappa shape index (κ2) is 9.54. The molecule has 0 radical (unpaired) electrons. The van der Waals surface area contributed by atoms with Crippen LogP contribution in [0.5, 0.6) is 0 Å². The highest BCUT2D eigenvalue weighted by Gasteiger charge is 2.14. The molecule has 4 aromatic heterocycles. The van der Waals surface area contributed by atoms with Gasteiger partial charge in [0.15, 0.2) is 5.78 Å². The fourth-order valence-corrected chi connectivity index (χ4v) is 4.65. The van der Waals surface area contributed by atoms with Crippen LogP contribution in [0.1, 0.15) is 21.8 Å². The zero-order chi connectivity index (χ0) is 23.5. The van der Waals surface area contributed by atoms with Gasteiger partial charge in [0.1, 0.15) is 0 Å². The molecule has 168 valence electrons. The van der Waals surface area contributed by atoms with Gasteiger partial charge in [0.25, 0.3) is 5.56 Å². The molecular weight excluding hydrogens is 470 g/mol.